The number of carbonyl (C=O) groups is 2. The first kappa shape index (κ1) is 17.7. The lowest BCUT2D eigenvalue weighted by atomic mass is 10.1. The van der Waals surface area contributed by atoms with Crippen LogP contribution in [0.25, 0.3) is 0 Å². The topological polar surface area (TPSA) is 58.2 Å². The lowest BCUT2D eigenvalue weighted by Gasteiger charge is -2.12. The molecule has 2 aromatic rings. The van der Waals surface area contributed by atoms with Crippen molar-refractivity contribution in [2.45, 2.75) is 33.6 Å². The highest BCUT2D eigenvalue weighted by molar-refractivity contribution is 5.95. The van der Waals surface area contributed by atoms with Crippen molar-refractivity contribution in [2.24, 2.45) is 0 Å². The van der Waals surface area contributed by atoms with E-state index in [1.54, 1.807) is 0 Å². The van der Waals surface area contributed by atoms with Crippen LogP contribution in [0.5, 0.6) is 0 Å². The average molecular weight is 324 g/mol. The summed E-state index contributed by atoms with van der Waals surface area (Å²) in [5.74, 6) is -0.329. The third-order valence-corrected chi connectivity index (χ3v) is 3.91. The summed E-state index contributed by atoms with van der Waals surface area (Å²) in [6.07, 6.45) is 1.05. The Balaban J connectivity index is 1.78. The Morgan fingerprint density at radius 2 is 1.58 bits per heavy atom. The minimum absolute atomic E-state index is 0.0135. The van der Waals surface area contributed by atoms with E-state index in [1.165, 1.54) is 5.56 Å². The van der Waals surface area contributed by atoms with Crippen molar-refractivity contribution in [3.05, 3.63) is 64.7 Å². The molecule has 2 amide bonds. The summed E-state index contributed by atoms with van der Waals surface area (Å²) in [5, 5.41) is 5.54. The van der Waals surface area contributed by atoms with Gasteiger partial charge in [-0.05, 0) is 43.9 Å². The summed E-state index contributed by atoms with van der Waals surface area (Å²) in [7, 11) is 0. The van der Waals surface area contributed by atoms with Crippen LogP contribution in [-0.2, 0) is 16.0 Å². The second kappa shape index (κ2) is 8.29. The summed E-state index contributed by atoms with van der Waals surface area (Å²) in [4.78, 5) is 23.9. The van der Waals surface area contributed by atoms with Gasteiger partial charge in [0.2, 0.25) is 11.8 Å². The minimum Gasteiger partial charge on any atom is -0.347 e. The minimum atomic E-state index is -0.212. The van der Waals surface area contributed by atoms with Crippen LogP contribution in [0.1, 0.15) is 28.7 Å². The Morgan fingerprint density at radius 1 is 0.917 bits per heavy atom. The molecule has 4 nitrogen and oxygen atoms in total. The summed E-state index contributed by atoms with van der Waals surface area (Å²) in [5.41, 5.74) is 5.14. The van der Waals surface area contributed by atoms with E-state index >= 15 is 0 Å². The highest BCUT2D eigenvalue weighted by Gasteiger charge is 2.09. The Morgan fingerprint density at radius 3 is 2.25 bits per heavy atom. The van der Waals surface area contributed by atoms with Crippen LogP contribution in [0.3, 0.4) is 0 Å². The van der Waals surface area contributed by atoms with Gasteiger partial charge in [-0.2, -0.15) is 0 Å². The smallest absolute Gasteiger partial charge is 0.243 e. The molecule has 0 unspecified atom stereocenters. The molecule has 0 aliphatic rings. The van der Waals surface area contributed by atoms with Crippen LogP contribution >= 0.6 is 0 Å². The number of hydrogen-bond acceptors (Lipinski definition) is 2. The molecular formula is C20H24N2O2. The van der Waals surface area contributed by atoms with Gasteiger partial charge in [-0.15, -0.1) is 0 Å². The van der Waals surface area contributed by atoms with Crippen molar-refractivity contribution in [3.63, 3.8) is 0 Å². The molecule has 0 radical (unpaired) electrons. The van der Waals surface area contributed by atoms with E-state index in [9.17, 15) is 9.59 Å². The van der Waals surface area contributed by atoms with Crippen molar-refractivity contribution < 1.29 is 9.59 Å². The van der Waals surface area contributed by atoms with Gasteiger partial charge in [0.05, 0.1) is 6.54 Å². The quantitative estimate of drug-likeness (QED) is 0.856. The predicted octanol–water partition coefficient (Wildman–Crippen LogP) is 3.30. The molecule has 0 spiro atoms. The Labute approximate surface area is 143 Å². The van der Waals surface area contributed by atoms with Crippen molar-refractivity contribution in [2.75, 3.05) is 11.9 Å². The van der Waals surface area contributed by atoms with Gasteiger partial charge in [0, 0.05) is 12.1 Å². The number of hydrogen-bond donors (Lipinski definition) is 2. The molecule has 0 bridgehead atoms. The van der Waals surface area contributed by atoms with E-state index in [4.69, 9.17) is 0 Å². The molecule has 2 N–H and O–H groups in total. The lowest BCUT2D eigenvalue weighted by molar-refractivity contribution is -0.124. The molecule has 0 saturated heterocycles. The number of benzene rings is 2. The van der Waals surface area contributed by atoms with E-state index in [1.807, 2.05) is 57.2 Å². The molecular weight excluding hydrogens is 300 g/mol. The van der Waals surface area contributed by atoms with Gasteiger partial charge in [-0.25, -0.2) is 0 Å². The molecule has 2 aromatic carbocycles. The first-order valence-corrected chi connectivity index (χ1v) is 8.14. The maximum absolute atomic E-state index is 12.0. The van der Waals surface area contributed by atoms with E-state index < -0.39 is 0 Å². The number of nitrogens with one attached hydrogen (secondary N) is 2. The van der Waals surface area contributed by atoms with Gasteiger partial charge < -0.3 is 10.6 Å². The fraction of sp³-hybridized carbons (Fsp3) is 0.300. The Kier molecular flexibility index (Phi) is 6.13. The zero-order chi connectivity index (χ0) is 17.5. The lowest BCUT2D eigenvalue weighted by Crippen LogP contribution is -2.33. The predicted molar refractivity (Wildman–Crippen MR) is 97.1 cm³/mol. The average Bonchev–Trinajstić information content (AvgIpc) is 2.54. The molecule has 0 aliphatic carbocycles. The molecule has 126 valence electrons. The van der Waals surface area contributed by atoms with Gasteiger partial charge in [-0.3, -0.25) is 9.59 Å². The van der Waals surface area contributed by atoms with Crippen LogP contribution in [0.2, 0.25) is 0 Å². The van der Waals surface area contributed by atoms with Crippen LogP contribution in [-0.4, -0.2) is 18.4 Å². The highest BCUT2D eigenvalue weighted by Crippen LogP contribution is 2.18. The molecule has 0 aliphatic heterocycles. The SMILES string of the molecule is Cc1cccc(CCC(=O)NCC(=O)Nc2c(C)cccc2C)c1. The second-order valence-corrected chi connectivity index (χ2v) is 6.08. The third kappa shape index (κ3) is 5.23. The zero-order valence-corrected chi connectivity index (χ0v) is 14.5. The Hall–Kier alpha value is -2.62. The first-order chi connectivity index (χ1) is 11.5. The van der Waals surface area contributed by atoms with Crippen molar-refractivity contribution >= 4 is 17.5 Å². The molecule has 4 heteroatoms. The van der Waals surface area contributed by atoms with Crippen molar-refractivity contribution in [1.82, 2.24) is 5.32 Å². The van der Waals surface area contributed by atoms with E-state index in [0.717, 1.165) is 22.4 Å². The number of para-hydroxylation sites is 1. The van der Waals surface area contributed by atoms with Gasteiger partial charge in [0.25, 0.3) is 0 Å². The maximum atomic E-state index is 12.0. The molecule has 0 saturated carbocycles. The molecule has 0 atom stereocenters. The van der Waals surface area contributed by atoms with Gasteiger partial charge in [0.1, 0.15) is 0 Å². The number of rotatable bonds is 6. The number of anilines is 1. The first-order valence-electron chi connectivity index (χ1n) is 8.14. The van der Waals surface area contributed by atoms with Crippen molar-refractivity contribution in [3.8, 4) is 0 Å². The van der Waals surface area contributed by atoms with E-state index in [2.05, 4.69) is 16.7 Å². The molecule has 0 fully saturated rings. The van der Waals surface area contributed by atoms with Crippen molar-refractivity contribution in [1.29, 1.82) is 0 Å². The zero-order valence-electron chi connectivity index (χ0n) is 14.5. The molecule has 24 heavy (non-hydrogen) atoms. The van der Waals surface area contributed by atoms with E-state index in [0.29, 0.717) is 12.8 Å². The monoisotopic (exact) mass is 324 g/mol. The summed E-state index contributed by atoms with van der Waals surface area (Å²) >= 11 is 0. The maximum Gasteiger partial charge on any atom is 0.243 e. The van der Waals surface area contributed by atoms with Crippen LogP contribution in [0, 0.1) is 20.8 Å². The number of aryl methyl sites for hydroxylation is 4. The number of carbonyl (C=O) groups excluding carboxylic acids is 2. The second-order valence-electron chi connectivity index (χ2n) is 6.08. The number of amides is 2. The van der Waals surface area contributed by atoms with Gasteiger partial charge in [-0.1, -0.05) is 48.0 Å². The van der Waals surface area contributed by atoms with Crippen LogP contribution in [0.4, 0.5) is 5.69 Å². The summed E-state index contributed by atoms with van der Waals surface area (Å²) < 4.78 is 0. The van der Waals surface area contributed by atoms with Gasteiger partial charge in [0.15, 0.2) is 0 Å². The van der Waals surface area contributed by atoms with E-state index in [-0.39, 0.29) is 18.4 Å². The summed E-state index contributed by atoms with van der Waals surface area (Å²) in [6, 6.07) is 13.9. The largest absolute Gasteiger partial charge is 0.347 e. The Bertz CT molecular complexity index is 718. The molecule has 0 heterocycles. The fourth-order valence-electron chi connectivity index (χ4n) is 2.59. The normalized spacial score (nSPS) is 10.3. The standard InChI is InChI=1S/C20H24N2O2/c1-14-6-4-9-17(12-14)10-11-18(23)21-13-19(24)22-20-15(2)7-5-8-16(20)3/h4-9,12H,10-11,13H2,1-3H3,(H,21,23)(H,22,24). The summed E-state index contributed by atoms with van der Waals surface area (Å²) in [6.45, 7) is 5.91. The third-order valence-electron chi connectivity index (χ3n) is 3.91. The molecule has 2 rings (SSSR count). The molecule has 0 aromatic heterocycles. The highest BCUT2D eigenvalue weighted by atomic mass is 16.2. The van der Waals surface area contributed by atoms with Crippen LogP contribution < -0.4 is 10.6 Å². The van der Waals surface area contributed by atoms with Crippen LogP contribution in [0.15, 0.2) is 42.5 Å². The van der Waals surface area contributed by atoms with Gasteiger partial charge >= 0.3 is 0 Å². The fourth-order valence-corrected chi connectivity index (χ4v) is 2.59.